The van der Waals surface area contributed by atoms with Crippen molar-refractivity contribution in [1.82, 2.24) is 0 Å². The minimum absolute atomic E-state index is 0.315. The van der Waals surface area contributed by atoms with Gasteiger partial charge in [-0.1, -0.05) is 0 Å². The van der Waals surface area contributed by atoms with Crippen molar-refractivity contribution in [1.29, 1.82) is 0 Å². The summed E-state index contributed by atoms with van der Waals surface area (Å²) in [6, 6.07) is 0.699. The SMILES string of the molecule is NC1[CH]CC(N)CC1. The van der Waals surface area contributed by atoms with Gasteiger partial charge in [-0.2, -0.15) is 0 Å². The maximum Gasteiger partial charge on any atom is 0.00715 e. The number of hydrogen-bond acceptors (Lipinski definition) is 2. The molecule has 2 atom stereocenters. The van der Waals surface area contributed by atoms with Crippen LogP contribution in [0.2, 0.25) is 0 Å². The molecule has 0 aromatic rings. The Morgan fingerprint density at radius 2 is 2.00 bits per heavy atom. The van der Waals surface area contributed by atoms with Gasteiger partial charge in [-0.05, 0) is 25.7 Å². The molecule has 0 aliphatic heterocycles. The minimum Gasteiger partial charge on any atom is -0.328 e. The lowest BCUT2D eigenvalue weighted by molar-refractivity contribution is 0.469. The molecule has 2 nitrogen and oxygen atoms in total. The largest absolute Gasteiger partial charge is 0.328 e. The van der Waals surface area contributed by atoms with Crippen molar-refractivity contribution in [3.8, 4) is 0 Å². The average Bonchev–Trinajstić information content (AvgIpc) is 1.77. The van der Waals surface area contributed by atoms with Gasteiger partial charge in [0, 0.05) is 12.1 Å². The number of hydrogen-bond donors (Lipinski definition) is 2. The molecule has 0 spiro atoms. The zero-order valence-corrected chi connectivity index (χ0v) is 5.01. The molecule has 1 radical (unpaired) electrons. The zero-order valence-electron chi connectivity index (χ0n) is 5.01. The van der Waals surface area contributed by atoms with Crippen LogP contribution < -0.4 is 11.5 Å². The lowest BCUT2D eigenvalue weighted by atomic mass is 9.93. The normalized spacial score (nSPS) is 39.8. The van der Waals surface area contributed by atoms with Crippen LogP contribution in [0.25, 0.3) is 0 Å². The van der Waals surface area contributed by atoms with Gasteiger partial charge in [0.15, 0.2) is 0 Å². The van der Waals surface area contributed by atoms with Crippen LogP contribution in [0.15, 0.2) is 0 Å². The van der Waals surface area contributed by atoms with E-state index in [0.29, 0.717) is 12.1 Å². The molecule has 1 aliphatic rings. The summed E-state index contributed by atoms with van der Waals surface area (Å²) in [6.07, 6.45) is 5.27. The van der Waals surface area contributed by atoms with Crippen molar-refractivity contribution >= 4 is 0 Å². The van der Waals surface area contributed by atoms with E-state index in [2.05, 4.69) is 6.42 Å². The first kappa shape index (κ1) is 6.05. The summed E-state index contributed by atoms with van der Waals surface area (Å²) < 4.78 is 0. The summed E-state index contributed by atoms with van der Waals surface area (Å²) in [5, 5.41) is 0. The van der Waals surface area contributed by atoms with Gasteiger partial charge in [-0.15, -0.1) is 0 Å². The second-order valence-corrected chi connectivity index (χ2v) is 2.47. The van der Waals surface area contributed by atoms with E-state index in [-0.39, 0.29) is 0 Å². The quantitative estimate of drug-likeness (QED) is 0.465. The third-order valence-electron chi connectivity index (χ3n) is 1.61. The van der Waals surface area contributed by atoms with Crippen LogP contribution in [-0.2, 0) is 0 Å². The first-order valence-corrected chi connectivity index (χ1v) is 3.13. The van der Waals surface area contributed by atoms with Crippen LogP contribution in [0.4, 0.5) is 0 Å². The van der Waals surface area contributed by atoms with Gasteiger partial charge in [-0.25, -0.2) is 0 Å². The van der Waals surface area contributed by atoms with E-state index < -0.39 is 0 Å². The highest BCUT2D eigenvalue weighted by Crippen LogP contribution is 2.13. The van der Waals surface area contributed by atoms with Crippen LogP contribution >= 0.6 is 0 Å². The fraction of sp³-hybridized carbons (Fsp3) is 0.833. The Hall–Kier alpha value is -0.0800. The van der Waals surface area contributed by atoms with Crippen LogP contribution in [0.1, 0.15) is 19.3 Å². The highest BCUT2D eigenvalue weighted by atomic mass is 14.7. The highest BCUT2D eigenvalue weighted by Gasteiger charge is 2.14. The molecule has 1 rings (SSSR count). The molecule has 2 unspecified atom stereocenters. The van der Waals surface area contributed by atoms with Crippen molar-refractivity contribution in [3.05, 3.63) is 6.42 Å². The standard InChI is InChI=1S/C6H13N2/c7-5-1-2-6(8)4-3-5/h1,5-6H,2-4,7-8H2. The summed E-state index contributed by atoms with van der Waals surface area (Å²) in [5.41, 5.74) is 11.2. The molecule has 1 aliphatic carbocycles. The fourth-order valence-corrected chi connectivity index (χ4v) is 0.992. The first-order valence-electron chi connectivity index (χ1n) is 3.13. The van der Waals surface area contributed by atoms with E-state index in [1.54, 1.807) is 0 Å². The Morgan fingerprint density at radius 3 is 2.38 bits per heavy atom. The summed E-state index contributed by atoms with van der Waals surface area (Å²) in [7, 11) is 0. The third-order valence-corrected chi connectivity index (χ3v) is 1.61. The van der Waals surface area contributed by atoms with E-state index in [0.717, 1.165) is 19.3 Å². The Bertz CT molecular complexity index is 54.9. The predicted molar refractivity (Wildman–Crippen MR) is 34.1 cm³/mol. The predicted octanol–water partition coefficient (Wildman–Crippen LogP) is 0.0292. The molecule has 47 valence electrons. The Balaban J connectivity index is 2.19. The van der Waals surface area contributed by atoms with Crippen molar-refractivity contribution in [2.75, 3.05) is 0 Å². The molecule has 0 amide bonds. The minimum atomic E-state index is 0.315. The Kier molecular flexibility index (Phi) is 1.86. The number of rotatable bonds is 0. The van der Waals surface area contributed by atoms with Crippen LogP contribution in [0, 0.1) is 6.42 Å². The smallest absolute Gasteiger partial charge is 0.00715 e. The van der Waals surface area contributed by atoms with E-state index >= 15 is 0 Å². The molecule has 0 aromatic heterocycles. The third kappa shape index (κ3) is 1.46. The summed E-state index contributed by atoms with van der Waals surface area (Å²) in [6.45, 7) is 0. The van der Waals surface area contributed by atoms with Gasteiger partial charge in [0.05, 0.1) is 0 Å². The second-order valence-electron chi connectivity index (χ2n) is 2.47. The lowest BCUT2D eigenvalue weighted by Gasteiger charge is -2.21. The lowest BCUT2D eigenvalue weighted by Crippen LogP contribution is -2.33. The Labute approximate surface area is 50.2 Å². The van der Waals surface area contributed by atoms with Crippen molar-refractivity contribution in [3.63, 3.8) is 0 Å². The van der Waals surface area contributed by atoms with Gasteiger partial charge in [0.1, 0.15) is 0 Å². The number of nitrogens with two attached hydrogens (primary N) is 2. The highest BCUT2D eigenvalue weighted by molar-refractivity contribution is 4.89. The monoisotopic (exact) mass is 113 g/mol. The molecule has 4 N–H and O–H groups in total. The van der Waals surface area contributed by atoms with E-state index in [1.807, 2.05) is 0 Å². The average molecular weight is 113 g/mol. The van der Waals surface area contributed by atoms with E-state index in [4.69, 9.17) is 11.5 Å². The van der Waals surface area contributed by atoms with Gasteiger partial charge in [0.25, 0.3) is 0 Å². The molecular formula is C6H13N2. The first-order chi connectivity index (χ1) is 3.79. The van der Waals surface area contributed by atoms with Crippen molar-refractivity contribution in [2.24, 2.45) is 11.5 Å². The molecule has 1 fully saturated rings. The molecule has 0 heterocycles. The fourth-order valence-electron chi connectivity index (χ4n) is 0.992. The summed E-state index contributed by atoms with van der Waals surface area (Å²) in [5.74, 6) is 0. The van der Waals surface area contributed by atoms with Crippen molar-refractivity contribution < 1.29 is 0 Å². The second kappa shape index (κ2) is 2.46. The molecular weight excluding hydrogens is 100 g/mol. The zero-order chi connectivity index (χ0) is 5.98. The van der Waals surface area contributed by atoms with Crippen LogP contribution in [-0.4, -0.2) is 12.1 Å². The van der Waals surface area contributed by atoms with Gasteiger partial charge in [-0.3, -0.25) is 0 Å². The molecule has 1 saturated carbocycles. The van der Waals surface area contributed by atoms with Crippen LogP contribution in [0.3, 0.4) is 0 Å². The maximum atomic E-state index is 5.61. The van der Waals surface area contributed by atoms with Gasteiger partial charge < -0.3 is 11.5 Å². The van der Waals surface area contributed by atoms with E-state index in [1.165, 1.54) is 0 Å². The summed E-state index contributed by atoms with van der Waals surface area (Å²) in [4.78, 5) is 0. The van der Waals surface area contributed by atoms with Crippen molar-refractivity contribution in [2.45, 2.75) is 31.3 Å². The topological polar surface area (TPSA) is 52.0 Å². The van der Waals surface area contributed by atoms with Crippen LogP contribution in [0.5, 0.6) is 0 Å². The van der Waals surface area contributed by atoms with E-state index in [9.17, 15) is 0 Å². The molecule has 0 bridgehead atoms. The molecule has 0 saturated heterocycles. The van der Waals surface area contributed by atoms with Gasteiger partial charge in [0.2, 0.25) is 0 Å². The summed E-state index contributed by atoms with van der Waals surface area (Å²) >= 11 is 0. The maximum absolute atomic E-state index is 5.61. The molecule has 8 heavy (non-hydrogen) atoms. The molecule has 0 aromatic carbocycles. The molecule has 2 heteroatoms. The van der Waals surface area contributed by atoms with Gasteiger partial charge >= 0.3 is 0 Å². The Morgan fingerprint density at radius 1 is 1.25 bits per heavy atom.